The van der Waals surface area contributed by atoms with Gasteiger partial charge >= 0.3 is 6.03 Å². The van der Waals surface area contributed by atoms with Gasteiger partial charge in [0, 0.05) is 18.7 Å². The monoisotopic (exact) mass is 455 g/mol. The second kappa shape index (κ2) is 10.0. The van der Waals surface area contributed by atoms with Crippen LogP contribution in [0, 0.1) is 5.92 Å². The second-order valence-electron chi connectivity index (χ2n) is 6.63. The molecule has 1 aromatic carbocycles. The minimum Gasteiger partial charge on any atom is -0.411 e. The zero-order valence-corrected chi connectivity index (χ0v) is 18.8. The predicted molar refractivity (Wildman–Crippen MR) is 112 cm³/mol. The van der Waals surface area contributed by atoms with E-state index >= 15 is 0 Å². The summed E-state index contributed by atoms with van der Waals surface area (Å²) in [6, 6.07) is 5.29. The van der Waals surface area contributed by atoms with Crippen molar-refractivity contribution in [3.05, 3.63) is 24.3 Å². The lowest BCUT2D eigenvalue weighted by molar-refractivity contribution is -0.120. The number of sulfonamides is 1. The molecular formula is C18H25N5O5S2. The molecule has 30 heavy (non-hydrogen) atoms. The van der Waals surface area contributed by atoms with Crippen LogP contribution < -0.4 is 11.1 Å². The number of rotatable bonds is 9. The van der Waals surface area contributed by atoms with Gasteiger partial charge in [0.2, 0.25) is 21.8 Å². The Morgan fingerprint density at radius 2 is 1.90 bits per heavy atom. The summed E-state index contributed by atoms with van der Waals surface area (Å²) < 4.78 is 32.5. The number of nitrogens with zero attached hydrogens (tertiary/aromatic N) is 3. The molecule has 1 heterocycles. The number of hydrogen-bond donors (Lipinski definition) is 2. The number of carbonyl (C=O) groups excluding carboxylic acids is 2. The van der Waals surface area contributed by atoms with Gasteiger partial charge in [-0.15, -0.1) is 10.2 Å². The molecule has 0 aliphatic heterocycles. The Morgan fingerprint density at radius 1 is 1.23 bits per heavy atom. The molecule has 2 aromatic rings. The Kier molecular flexibility index (Phi) is 7.98. The lowest BCUT2D eigenvalue weighted by atomic mass is 10.1. The standard InChI is InChI=1S/C18H25N5O5S2/c1-5-23(6-2)30(26,27)13-9-7-8-12(10-13)16-21-22-18(28-16)29-14(11(3)4)15(24)20-17(19)25/h7-11,14H,5-6H2,1-4H3,(H3,19,20,24,25). The van der Waals surface area contributed by atoms with Gasteiger partial charge in [-0.05, 0) is 24.1 Å². The first-order valence-electron chi connectivity index (χ1n) is 9.31. The van der Waals surface area contributed by atoms with Crippen molar-refractivity contribution in [2.45, 2.75) is 43.1 Å². The van der Waals surface area contributed by atoms with Crippen LogP contribution in [0.15, 0.2) is 38.8 Å². The zero-order valence-electron chi connectivity index (χ0n) is 17.2. The molecule has 0 spiro atoms. The molecule has 2 rings (SSSR count). The quantitative estimate of drug-likeness (QED) is 0.546. The maximum Gasteiger partial charge on any atom is 0.318 e. The first-order chi connectivity index (χ1) is 14.1. The van der Waals surface area contributed by atoms with Crippen molar-refractivity contribution < 1.29 is 22.4 Å². The summed E-state index contributed by atoms with van der Waals surface area (Å²) in [7, 11) is -3.64. The fourth-order valence-electron chi connectivity index (χ4n) is 2.67. The third kappa shape index (κ3) is 5.58. The largest absolute Gasteiger partial charge is 0.411 e. The molecule has 1 atom stereocenters. The van der Waals surface area contributed by atoms with E-state index in [0.717, 1.165) is 11.8 Å². The Balaban J connectivity index is 2.28. The number of imide groups is 1. The highest BCUT2D eigenvalue weighted by molar-refractivity contribution is 8.00. The van der Waals surface area contributed by atoms with E-state index in [2.05, 4.69) is 10.2 Å². The molecule has 10 nitrogen and oxygen atoms in total. The maximum atomic E-state index is 12.7. The van der Waals surface area contributed by atoms with Crippen molar-refractivity contribution in [1.82, 2.24) is 19.8 Å². The number of primary amides is 1. The molecule has 1 aromatic heterocycles. The number of nitrogens with one attached hydrogen (secondary N) is 1. The molecule has 1 unspecified atom stereocenters. The summed E-state index contributed by atoms with van der Waals surface area (Å²) in [4.78, 5) is 23.2. The normalized spacial score (nSPS) is 12.9. The number of nitrogens with two attached hydrogens (primary N) is 1. The number of benzene rings is 1. The van der Waals surface area contributed by atoms with Crippen molar-refractivity contribution in [2.75, 3.05) is 13.1 Å². The van der Waals surface area contributed by atoms with Crippen LogP contribution >= 0.6 is 11.8 Å². The van der Waals surface area contributed by atoms with Gasteiger partial charge in [0.15, 0.2) is 0 Å². The van der Waals surface area contributed by atoms with Crippen molar-refractivity contribution in [3.63, 3.8) is 0 Å². The van der Waals surface area contributed by atoms with E-state index in [1.807, 2.05) is 5.32 Å². The maximum absolute atomic E-state index is 12.7. The summed E-state index contributed by atoms with van der Waals surface area (Å²) in [6.45, 7) is 7.86. The summed E-state index contributed by atoms with van der Waals surface area (Å²) in [5.41, 5.74) is 5.45. The van der Waals surface area contributed by atoms with Gasteiger partial charge in [-0.3, -0.25) is 10.1 Å². The minimum atomic E-state index is -3.64. The number of urea groups is 1. The van der Waals surface area contributed by atoms with Crippen LogP contribution in [-0.4, -0.2) is 53.2 Å². The molecule has 3 N–H and O–H groups in total. The number of thioether (sulfide) groups is 1. The molecule has 0 fully saturated rings. The molecular weight excluding hydrogens is 430 g/mol. The van der Waals surface area contributed by atoms with E-state index in [0.29, 0.717) is 18.7 Å². The highest BCUT2D eigenvalue weighted by atomic mass is 32.2. The molecule has 164 valence electrons. The zero-order chi connectivity index (χ0) is 22.5. The molecule has 0 saturated heterocycles. The molecule has 12 heteroatoms. The highest BCUT2D eigenvalue weighted by Crippen LogP contribution is 2.30. The summed E-state index contributed by atoms with van der Waals surface area (Å²) in [6.07, 6.45) is 0. The third-order valence-corrected chi connectivity index (χ3v) is 7.59. The van der Waals surface area contributed by atoms with Crippen LogP contribution in [0.2, 0.25) is 0 Å². The molecule has 0 aliphatic carbocycles. The van der Waals surface area contributed by atoms with E-state index in [-0.39, 0.29) is 21.9 Å². The summed E-state index contributed by atoms with van der Waals surface area (Å²) in [5.74, 6) is -0.589. The number of aromatic nitrogens is 2. The van der Waals surface area contributed by atoms with E-state index in [9.17, 15) is 18.0 Å². The summed E-state index contributed by atoms with van der Waals surface area (Å²) >= 11 is 0.998. The number of carbonyl (C=O) groups is 2. The molecule has 0 aliphatic rings. The molecule has 0 radical (unpaired) electrons. The van der Waals surface area contributed by atoms with Gasteiger partial charge < -0.3 is 10.2 Å². The molecule has 3 amide bonds. The average molecular weight is 456 g/mol. The first kappa shape index (κ1) is 23.8. The van der Waals surface area contributed by atoms with Crippen LogP contribution in [0.5, 0.6) is 0 Å². The van der Waals surface area contributed by atoms with Crippen LogP contribution in [0.1, 0.15) is 27.7 Å². The van der Waals surface area contributed by atoms with E-state index in [4.69, 9.17) is 10.2 Å². The third-order valence-electron chi connectivity index (χ3n) is 4.17. The second-order valence-corrected chi connectivity index (χ2v) is 9.66. The Morgan fingerprint density at radius 3 is 2.47 bits per heavy atom. The van der Waals surface area contributed by atoms with Gasteiger partial charge in [-0.1, -0.05) is 45.5 Å². The van der Waals surface area contributed by atoms with Crippen molar-refractivity contribution in [2.24, 2.45) is 11.7 Å². The summed E-state index contributed by atoms with van der Waals surface area (Å²) in [5, 5.41) is 9.36. The highest BCUT2D eigenvalue weighted by Gasteiger charge is 2.27. The van der Waals surface area contributed by atoms with Crippen LogP contribution in [0.3, 0.4) is 0 Å². The van der Waals surface area contributed by atoms with Crippen LogP contribution in [-0.2, 0) is 14.8 Å². The molecule has 0 saturated carbocycles. The van der Waals surface area contributed by atoms with Gasteiger partial charge in [-0.2, -0.15) is 4.31 Å². The van der Waals surface area contributed by atoms with Gasteiger partial charge in [0.05, 0.1) is 10.1 Å². The Hall–Kier alpha value is -2.44. The number of hydrogen-bond acceptors (Lipinski definition) is 8. The van der Waals surface area contributed by atoms with Crippen molar-refractivity contribution in [3.8, 4) is 11.5 Å². The SMILES string of the molecule is CCN(CC)S(=O)(=O)c1cccc(-c2nnc(SC(C(=O)NC(N)=O)C(C)C)o2)c1. The van der Waals surface area contributed by atoms with Crippen molar-refractivity contribution >= 4 is 33.7 Å². The van der Waals surface area contributed by atoms with Crippen molar-refractivity contribution in [1.29, 1.82) is 0 Å². The first-order valence-corrected chi connectivity index (χ1v) is 11.6. The lowest BCUT2D eigenvalue weighted by Crippen LogP contribution is -2.42. The van der Waals surface area contributed by atoms with Gasteiger partial charge in [0.25, 0.3) is 5.22 Å². The minimum absolute atomic E-state index is 0.111. The smallest absolute Gasteiger partial charge is 0.318 e. The van der Waals surface area contributed by atoms with E-state index in [1.54, 1.807) is 39.8 Å². The van der Waals surface area contributed by atoms with Crippen LogP contribution in [0.4, 0.5) is 4.79 Å². The predicted octanol–water partition coefficient (Wildman–Crippen LogP) is 2.08. The lowest BCUT2D eigenvalue weighted by Gasteiger charge is -2.18. The Bertz CT molecular complexity index is 1000. The topological polar surface area (TPSA) is 148 Å². The number of amides is 3. The van der Waals surface area contributed by atoms with Crippen LogP contribution in [0.25, 0.3) is 11.5 Å². The average Bonchev–Trinajstić information content (AvgIpc) is 3.15. The fraction of sp³-hybridized carbons (Fsp3) is 0.444. The molecule has 0 bridgehead atoms. The Labute approximate surface area is 179 Å². The fourth-order valence-corrected chi connectivity index (χ4v) is 5.04. The van der Waals surface area contributed by atoms with E-state index in [1.165, 1.54) is 16.4 Å². The van der Waals surface area contributed by atoms with Gasteiger partial charge in [-0.25, -0.2) is 13.2 Å². The van der Waals surface area contributed by atoms with E-state index < -0.39 is 27.2 Å². The van der Waals surface area contributed by atoms with Gasteiger partial charge in [0.1, 0.15) is 0 Å².